The number of benzene rings is 1. The van der Waals surface area contributed by atoms with E-state index in [1.54, 1.807) is 7.11 Å². The average Bonchev–Trinajstić information content (AvgIpc) is 2.43. The van der Waals surface area contributed by atoms with Gasteiger partial charge in [-0.2, -0.15) is 0 Å². The van der Waals surface area contributed by atoms with E-state index in [1.807, 2.05) is 26.0 Å². The Morgan fingerprint density at radius 3 is 2.35 bits per heavy atom. The van der Waals surface area contributed by atoms with Gasteiger partial charge in [0.15, 0.2) is 0 Å². The van der Waals surface area contributed by atoms with Crippen LogP contribution in [0, 0.1) is 13.8 Å². The van der Waals surface area contributed by atoms with E-state index in [1.165, 1.54) is 14.2 Å². The Labute approximate surface area is 117 Å². The first-order valence-electron chi connectivity index (χ1n) is 6.14. The quantitative estimate of drug-likeness (QED) is 0.806. The molecule has 0 saturated carbocycles. The van der Waals surface area contributed by atoms with Gasteiger partial charge < -0.3 is 14.2 Å². The maximum absolute atomic E-state index is 12.0. The number of hydrogen-bond acceptors (Lipinski definition) is 5. The summed E-state index contributed by atoms with van der Waals surface area (Å²) in [6.07, 6.45) is 0. The third kappa shape index (κ3) is 2.15. The first-order chi connectivity index (χ1) is 9.53. The van der Waals surface area contributed by atoms with Gasteiger partial charge in [-0.3, -0.25) is 0 Å². The van der Waals surface area contributed by atoms with Crippen LogP contribution in [0.1, 0.15) is 21.6 Å². The van der Waals surface area contributed by atoms with Gasteiger partial charge in [0.25, 0.3) is 0 Å². The SMILES string of the molecule is COC(=O)c1c(C)cc2cc(C)nc(OC)c2c1OC. The highest BCUT2D eigenvalue weighted by Gasteiger charge is 2.22. The van der Waals surface area contributed by atoms with E-state index in [2.05, 4.69) is 4.98 Å². The van der Waals surface area contributed by atoms with E-state index >= 15 is 0 Å². The van der Waals surface area contributed by atoms with Crippen molar-refractivity contribution in [2.75, 3.05) is 21.3 Å². The van der Waals surface area contributed by atoms with Crippen LogP contribution in [-0.4, -0.2) is 32.3 Å². The maximum atomic E-state index is 12.0. The van der Waals surface area contributed by atoms with Crippen LogP contribution in [-0.2, 0) is 4.74 Å². The molecule has 0 N–H and O–H groups in total. The molecule has 0 aliphatic rings. The highest BCUT2D eigenvalue weighted by atomic mass is 16.5. The number of fused-ring (bicyclic) bond motifs is 1. The van der Waals surface area contributed by atoms with Crippen molar-refractivity contribution in [3.8, 4) is 11.6 Å². The van der Waals surface area contributed by atoms with Crippen LogP contribution in [0.15, 0.2) is 12.1 Å². The lowest BCUT2D eigenvalue weighted by molar-refractivity contribution is 0.0596. The molecule has 0 saturated heterocycles. The number of nitrogens with zero attached hydrogens (tertiary/aromatic N) is 1. The van der Waals surface area contributed by atoms with Crippen molar-refractivity contribution in [1.82, 2.24) is 4.98 Å². The second-order valence-corrected chi connectivity index (χ2v) is 4.46. The predicted molar refractivity (Wildman–Crippen MR) is 75.7 cm³/mol. The minimum absolute atomic E-state index is 0.395. The number of aromatic nitrogens is 1. The van der Waals surface area contributed by atoms with Gasteiger partial charge in [0.2, 0.25) is 5.88 Å². The van der Waals surface area contributed by atoms with Gasteiger partial charge in [0.05, 0.1) is 26.7 Å². The second kappa shape index (κ2) is 5.36. The Hall–Kier alpha value is -2.30. The molecule has 1 aromatic heterocycles. The highest BCUT2D eigenvalue weighted by molar-refractivity contribution is 6.04. The fourth-order valence-corrected chi connectivity index (χ4v) is 2.33. The number of methoxy groups -OCH3 is 3. The molecule has 0 amide bonds. The number of hydrogen-bond donors (Lipinski definition) is 0. The lowest BCUT2D eigenvalue weighted by Crippen LogP contribution is -2.08. The molecule has 0 bridgehead atoms. The zero-order valence-corrected chi connectivity index (χ0v) is 12.2. The van der Waals surface area contributed by atoms with Crippen molar-refractivity contribution >= 4 is 16.7 Å². The van der Waals surface area contributed by atoms with Gasteiger partial charge in [-0.05, 0) is 30.9 Å². The van der Waals surface area contributed by atoms with E-state index in [4.69, 9.17) is 14.2 Å². The zero-order chi connectivity index (χ0) is 14.9. The van der Waals surface area contributed by atoms with Crippen molar-refractivity contribution in [1.29, 1.82) is 0 Å². The molecular formula is C15H17NO4. The lowest BCUT2D eigenvalue weighted by atomic mass is 10.0. The van der Waals surface area contributed by atoms with E-state index in [-0.39, 0.29) is 0 Å². The van der Waals surface area contributed by atoms with Crippen LogP contribution in [0.3, 0.4) is 0 Å². The molecular weight excluding hydrogens is 258 g/mol. The standard InChI is InChI=1S/C15H17NO4/c1-8-6-10-7-9(2)16-14(19-4)12(10)13(18-3)11(8)15(17)20-5/h6-7H,1-5H3. The van der Waals surface area contributed by atoms with E-state index in [9.17, 15) is 4.79 Å². The summed E-state index contributed by atoms with van der Waals surface area (Å²) in [4.78, 5) is 16.3. The Balaban J connectivity index is 2.94. The zero-order valence-electron chi connectivity index (χ0n) is 12.2. The van der Waals surface area contributed by atoms with Gasteiger partial charge >= 0.3 is 5.97 Å². The predicted octanol–water partition coefficient (Wildman–Crippen LogP) is 2.66. The van der Waals surface area contributed by atoms with Crippen molar-refractivity contribution in [3.63, 3.8) is 0 Å². The first-order valence-corrected chi connectivity index (χ1v) is 6.14. The fraction of sp³-hybridized carbons (Fsp3) is 0.333. The molecule has 5 heteroatoms. The first kappa shape index (κ1) is 14.1. The molecule has 0 radical (unpaired) electrons. The molecule has 5 nitrogen and oxygen atoms in total. The molecule has 2 rings (SSSR count). The topological polar surface area (TPSA) is 57.7 Å². The Morgan fingerprint density at radius 1 is 1.10 bits per heavy atom. The molecule has 106 valence electrons. The van der Waals surface area contributed by atoms with E-state index < -0.39 is 5.97 Å². The van der Waals surface area contributed by atoms with Crippen LogP contribution < -0.4 is 9.47 Å². The number of ether oxygens (including phenoxy) is 3. The average molecular weight is 275 g/mol. The second-order valence-electron chi connectivity index (χ2n) is 4.46. The molecule has 0 aliphatic carbocycles. The number of carbonyl (C=O) groups is 1. The van der Waals surface area contributed by atoms with Crippen LogP contribution in [0.2, 0.25) is 0 Å². The summed E-state index contributed by atoms with van der Waals surface area (Å²) in [5, 5.41) is 1.59. The summed E-state index contributed by atoms with van der Waals surface area (Å²) >= 11 is 0. The largest absolute Gasteiger partial charge is 0.495 e. The van der Waals surface area contributed by atoms with Crippen LogP contribution in [0.4, 0.5) is 0 Å². The smallest absolute Gasteiger partial charge is 0.341 e. The minimum Gasteiger partial charge on any atom is -0.495 e. The summed E-state index contributed by atoms with van der Waals surface area (Å²) in [6, 6.07) is 3.83. The molecule has 1 heterocycles. The van der Waals surface area contributed by atoms with Crippen LogP contribution in [0.25, 0.3) is 10.8 Å². The number of carbonyl (C=O) groups excluding carboxylic acids is 1. The van der Waals surface area contributed by atoms with Crippen molar-refractivity contribution in [3.05, 3.63) is 29.0 Å². The Kier molecular flexibility index (Phi) is 3.79. The lowest BCUT2D eigenvalue weighted by Gasteiger charge is -2.15. The summed E-state index contributed by atoms with van der Waals surface area (Å²) in [6.45, 7) is 3.73. The molecule has 1 aromatic carbocycles. The monoisotopic (exact) mass is 275 g/mol. The van der Waals surface area contributed by atoms with Gasteiger partial charge in [-0.15, -0.1) is 0 Å². The van der Waals surface area contributed by atoms with Crippen molar-refractivity contribution in [2.45, 2.75) is 13.8 Å². The minimum atomic E-state index is -0.441. The highest BCUT2D eigenvalue weighted by Crippen LogP contribution is 2.38. The van der Waals surface area contributed by atoms with Gasteiger partial charge in [-0.1, -0.05) is 6.07 Å². The number of pyridine rings is 1. The van der Waals surface area contributed by atoms with Gasteiger partial charge in [0.1, 0.15) is 11.3 Å². The Morgan fingerprint density at radius 2 is 1.80 bits per heavy atom. The molecule has 0 fully saturated rings. The Bertz CT molecular complexity index is 679. The molecule has 2 aromatic rings. The maximum Gasteiger partial charge on any atom is 0.341 e. The number of esters is 1. The van der Waals surface area contributed by atoms with Crippen molar-refractivity contribution in [2.24, 2.45) is 0 Å². The normalized spacial score (nSPS) is 10.4. The summed E-state index contributed by atoms with van der Waals surface area (Å²) < 4.78 is 15.6. The van der Waals surface area contributed by atoms with E-state index in [0.717, 1.165) is 16.6 Å². The third-order valence-electron chi connectivity index (χ3n) is 3.15. The third-order valence-corrected chi connectivity index (χ3v) is 3.15. The number of rotatable bonds is 3. The van der Waals surface area contributed by atoms with Crippen LogP contribution in [0.5, 0.6) is 11.6 Å². The molecule has 0 aliphatic heterocycles. The van der Waals surface area contributed by atoms with Gasteiger partial charge in [-0.25, -0.2) is 9.78 Å². The summed E-state index contributed by atoms with van der Waals surface area (Å²) in [7, 11) is 4.40. The molecule has 0 spiro atoms. The van der Waals surface area contributed by atoms with E-state index in [0.29, 0.717) is 22.6 Å². The summed E-state index contributed by atoms with van der Waals surface area (Å²) in [5.74, 6) is 0.419. The molecule has 0 atom stereocenters. The van der Waals surface area contributed by atoms with Gasteiger partial charge in [0, 0.05) is 5.69 Å². The van der Waals surface area contributed by atoms with Crippen molar-refractivity contribution < 1.29 is 19.0 Å². The summed E-state index contributed by atoms with van der Waals surface area (Å²) in [5.41, 5.74) is 2.02. The molecule has 20 heavy (non-hydrogen) atoms. The van der Waals surface area contributed by atoms with Crippen LogP contribution >= 0.6 is 0 Å². The number of aryl methyl sites for hydroxylation is 2. The molecule has 0 unspecified atom stereocenters. The fourth-order valence-electron chi connectivity index (χ4n) is 2.33.